The average Bonchev–Trinajstić information content (AvgIpc) is 3.13. The normalized spacial score (nSPS) is 10.6. The van der Waals surface area contributed by atoms with Gasteiger partial charge in [-0.1, -0.05) is 47.7 Å². The van der Waals surface area contributed by atoms with Crippen LogP contribution in [-0.2, 0) is 0 Å². The van der Waals surface area contributed by atoms with Gasteiger partial charge < -0.3 is 10.6 Å². The van der Waals surface area contributed by atoms with Gasteiger partial charge in [-0.15, -0.1) is 0 Å². The number of nitrogens with zero attached hydrogens (tertiary/aromatic N) is 1. The van der Waals surface area contributed by atoms with Crippen LogP contribution in [0.25, 0.3) is 10.2 Å². The molecule has 0 radical (unpaired) electrons. The van der Waals surface area contributed by atoms with Crippen LogP contribution in [-0.4, -0.2) is 16.9 Å². The van der Waals surface area contributed by atoms with E-state index in [1.165, 1.54) is 11.3 Å². The quantitative estimate of drug-likeness (QED) is 0.393. The molecule has 0 saturated carbocycles. The van der Waals surface area contributed by atoms with Crippen molar-refractivity contribution in [3.05, 3.63) is 83.4 Å². The summed E-state index contributed by atoms with van der Waals surface area (Å²) in [5.41, 5.74) is 4.69. The minimum absolute atomic E-state index is 0.205. The van der Waals surface area contributed by atoms with Crippen LogP contribution in [0.5, 0.6) is 0 Å². The van der Waals surface area contributed by atoms with Gasteiger partial charge in [0.15, 0.2) is 5.13 Å². The molecule has 3 N–H and O–H groups in total. The molecule has 7 heteroatoms. The van der Waals surface area contributed by atoms with Crippen LogP contribution in [0.4, 0.5) is 21.3 Å². The van der Waals surface area contributed by atoms with Gasteiger partial charge in [0.05, 0.1) is 10.2 Å². The summed E-state index contributed by atoms with van der Waals surface area (Å²) in [7, 11) is 0. The molecule has 0 fully saturated rings. The molecule has 0 aliphatic rings. The smallest absolute Gasteiger partial charge is 0.308 e. The topological polar surface area (TPSA) is 83.1 Å². The number of nitrogens with one attached hydrogen (secondary N) is 3. The Morgan fingerprint density at radius 1 is 0.833 bits per heavy atom. The van der Waals surface area contributed by atoms with Crippen LogP contribution in [0.2, 0.25) is 0 Å². The summed E-state index contributed by atoms with van der Waals surface area (Å²) in [5.74, 6) is -0.205. The van der Waals surface area contributed by atoms with Crippen LogP contribution in [0.3, 0.4) is 0 Å². The number of urea groups is 1. The largest absolute Gasteiger partial charge is 0.323 e. The van der Waals surface area contributed by atoms with Gasteiger partial charge in [-0.25, -0.2) is 9.78 Å². The zero-order valence-electron chi connectivity index (χ0n) is 16.5. The molecular weight excluding hydrogens is 396 g/mol. The number of carbonyl (C=O) groups excluding carboxylic acids is 2. The summed E-state index contributed by atoms with van der Waals surface area (Å²) < 4.78 is 0.879. The molecule has 0 bridgehead atoms. The lowest BCUT2D eigenvalue weighted by Crippen LogP contribution is -2.19. The molecule has 6 nitrogen and oxygen atoms in total. The van der Waals surface area contributed by atoms with Crippen molar-refractivity contribution in [3.63, 3.8) is 0 Å². The Morgan fingerprint density at radius 3 is 2.33 bits per heavy atom. The molecule has 1 aromatic heterocycles. The van der Waals surface area contributed by atoms with Gasteiger partial charge >= 0.3 is 6.03 Å². The molecule has 0 spiro atoms. The van der Waals surface area contributed by atoms with Gasteiger partial charge in [0.1, 0.15) is 0 Å². The van der Waals surface area contributed by atoms with Crippen molar-refractivity contribution in [2.45, 2.75) is 13.8 Å². The van der Waals surface area contributed by atoms with Gasteiger partial charge in [0.2, 0.25) is 0 Å². The predicted octanol–water partition coefficient (Wildman–Crippen LogP) is 5.81. The standard InChI is InChI=1S/C23H20N4O2S/c1-14-8-6-7-11-18(14)25-22(29)24-17-12-15(2)20-19(13-17)30-23(26-20)27-21(28)16-9-4-3-5-10-16/h3-13H,1-2H3,(H2,24,25,29)(H,26,27,28). The minimum Gasteiger partial charge on any atom is -0.308 e. The first-order chi connectivity index (χ1) is 14.5. The van der Waals surface area contributed by atoms with Crippen LogP contribution in [0, 0.1) is 13.8 Å². The Hall–Kier alpha value is -3.71. The molecule has 3 amide bonds. The number of benzene rings is 3. The fourth-order valence-corrected chi connectivity index (χ4v) is 4.06. The second kappa shape index (κ2) is 8.34. The monoisotopic (exact) mass is 416 g/mol. The van der Waals surface area contributed by atoms with E-state index in [0.29, 0.717) is 16.4 Å². The number of aromatic nitrogens is 1. The lowest BCUT2D eigenvalue weighted by Gasteiger charge is -2.10. The van der Waals surface area contributed by atoms with Crippen molar-refractivity contribution < 1.29 is 9.59 Å². The highest BCUT2D eigenvalue weighted by Crippen LogP contribution is 2.31. The van der Waals surface area contributed by atoms with E-state index >= 15 is 0 Å². The van der Waals surface area contributed by atoms with E-state index in [9.17, 15) is 9.59 Å². The van der Waals surface area contributed by atoms with E-state index in [4.69, 9.17) is 0 Å². The molecule has 0 aliphatic heterocycles. The third-order valence-electron chi connectivity index (χ3n) is 4.59. The number of hydrogen-bond donors (Lipinski definition) is 3. The fraction of sp³-hybridized carbons (Fsp3) is 0.0870. The molecule has 1 heterocycles. The average molecular weight is 417 g/mol. The van der Waals surface area contributed by atoms with Gasteiger partial charge in [-0.3, -0.25) is 10.1 Å². The summed E-state index contributed by atoms with van der Waals surface area (Å²) in [6.07, 6.45) is 0. The number of rotatable bonds is 4. The van der Waals surface area contributed by atoms with E-state index in [1.54, 1.807) is 12.1 Å². The molecule has 4 aromatic rings. The van der Waals surface area contributed by atoms with E-state index in [0.717, 1.165) is 27.0 Å². The number of thiazole rings is 1. The number of anilines is 3. The zero-order valence-corrected chi connectivity index (χ0v) is 17.3. The van der Waals surface area contributed by atoms with Crippen molar-refractivity contribution >= 4 is 50.0 Å². The third kappa shape index (κ3) is 4.31. The van der Waals surface area contributed by atoms with E-state index in [1.807, 2.05) is 68.4 Å². The number of para-hydroxylation sites is 1. The molecule has 0 unspecified atom stereocenters. The SMILES string of the molecule is Cc1ccccc1NC(=O)Nc1cc(C)c2nc(NC(=O)c3ccccc3)sc2c1. The van der Waals surface area contributed by atoms with Crippen LogP contribution in [0.1, 0.15) is 21.5 Å². The van der Waals surface area contributed by atoms with Crippen molar-refractivity contribution in [2.24, 2.45) is 0 Å². The lowest BCUT2D eigenvalue weighted by molar-refractivity contribution is 0.102. The van der Waals surface area contributed by atoms with Crippen LogP contribution in [0.15, 0.2) is 66.7 Å². The van der Waals surface area contributed by atoms with E-state index < -0.39 is 0 Å². The minimum atomic E-state index is -0.315. The van der Waals surface area contributed by atoms with Crippen LogP contribution >= 0.6 is 11.3 Å². The number of carbonyl (C=O) groups is 2. The zero-order chi connectivity index (χ0) is 21.1. The highest BCUT2D eigenvalue weighted by molar-refractivity contribution is 7.22. The van der Waals surface area contributed by atoms with Gasteiger partial charge in [0, 0.05) is 16.9 Å². The molecule has 30 heavy (non-hydrogen) atoms. The summed E-state index contributed by atoms with van der Waals surface area (Å²) in [6.45, 7) is 3.86. The Labute approximate surface area is 178 Å². The number of amides is 3. The second-order valence-corrected chi connectivity index (χ2v) is 7.90. The molecular formula is C23H20N4O2S. The number of fused-ring (bicyclic) bond motifs is 1. The number of aryl methyl sites for hydroxylation is 2. The molecule has 150 valence electrons. The van der Waals surface area contributed by atoms with Gasteiger partial charge in [0.25, 0.3) is 5.91 Å². The van der Waals surface area contributed by atoms with Crippen molar-refractivity contribution in [3.8, 4) is 0 Å². The highest BCUT2D eigenvalue weighted by atomic mass is 32.1. The van der Waals surface area contributed by atoms with Crippen molar-refractivity contribution in [1.29, 1.82) is 0 Å². The fourth-order valence-electron chi connectivity index (χ4n) is 3.08. The number of hydrogen-bond acceptors (Lipinski definition) is 4. The lowest BCUT2D eigenvalue weighted by atomic mass is 10.2. The maximum Gasteiger partial charge on any atom is 0.323 e. The Bertz CT molecular complexity index is 1230. The van der Waals surface area contributed by atoms with Crippen molar-refractivity contribution in [2.75, 3.05) is 16.0 Å². The van der Waals surface area contributed by atoms with E-state index in [2.05, 4.69) is 20.9 Å². The maximum atomic E-state index is 12.4. The Kier molecular flexibility index (Phi) is 5.45. The molecule has 0 aliphatic carbocycles. The summed E-state index contributed by atoms with van der Waals surface area (Å²) in [4.78, 5) is 29.3. The van der Waals surface area contributed by atoms with Gasteiger partial charge in [-0.05, 0) is 55.3 Å². The van der Waals surface area contributed by atoms with Crippen molar-refractivity contribution in [1.82, 2.24) is 4.98 Å². The first-order valence-electron chi connectivity index (χ1n) is 9.41. The van der Waals surface area contributed by atoms with Crippen LogP contribution < -0.4 is 16.0 Å². The maximum absolute atomic E-state index is 12.4. The molecule has 0 atom stereocenters. The second-order valence-electron chi connectivity index (χ2n) is 6.87. The van der Waals surface area contributed by atoms with Gasteiger partial charge in [-0.2, -0.15) is 0 Å². The Balaban J connectivity index is 1.51. The third-order valence-corrected chi connectivity index (χ3v) is 5.51. The molecule has 4 rings (SSSR count). The predicted molar refractivity (Wildman–Crippen MR) is 123 cm³/mol. The van der Waals surface area contributed by atoms with E-state index in [-0.39, 0.29) is 11.9 Å². The first-order valence-corrected chi connectivity index (χ1v) is 10.2. The highest BCUT2D eigenvalue weighted by Gasteiger charge is 2.13. The Morgan fingerprint density at radius 2 is 1.57 bits per heavy atom. The summed E-state index contributed by atoms with van der Waals surface area (Å²) >= 11 is 1.37. The first kappa shape index (κ1) is 19.6. The molecule has 0 saturated heterocycles. The summed E-state index contributed by atoms with van der Waals surface area (Å²) in [6, 6.07) is 20.0. The summed E-state index contributed by atoms with van der Waals surface area (Å²) in [5, 5.41) is 9.08. The molecule has 3 aromatic carbocycles.